The second-order valence-electron chi connectivity index (χ2n) is 11.4. The molecule has 0 aliphatic carbocycles. The first-order valence-corrected chi connectivity index (χ1v) is 16.7. The summed E-state index contributed by atoms with van der Waals surface area (Å²) < 4.78 is 62.6. The van der Waals surface area contributed by atoms with E-state index < -0.39 is 40.6 Å². The van der Waals surface area contributed by atoms with E-state index >= 15 is 0 Å². The van der Waals surface area contributed by atoms with Crippen LogP contribution in [-0.2, 0) is 19.1 Å². The summed E-state index contributed by atoms with van der Waals surface area (Å²) in [5.74, 6) is -0.177. The lowest BCUT2D eigenvalue weighted by molar-refractivity contribution is -0.137. The van der Waals surface area contributed by atoms with Gasteiger partial charge < -0.3 is 26.0 Å². The molecule has 0 saturated carbocycles. The summed E-state index contributed by atoms with van der Waals surface area (Å²) in [6.07, 6.45) is -4.60. The topological polar surface area (TPSA) is 120 Å². The standard InChI is InChI=1S/C32H40F3N5O4S/c1-2-39-14-12-37-30-27(39)18-24(19-28(30)40-13-7-15-45(40,43)44)31(42)38-26(17-22-8-4-3-5-9-22)29(41)21-36-20-23-10-6-11-25(16-23)32(33,34)35/h3-6,8-11,16,18-19,26,29,36-37,41,43-44H,2,7,12-15,17,20-21H2,1H3,(H,38,42)/t26-,29+/m0/s1. The molecule has 2 atom stereocenters. The molecule has 2 aliphatic rings. The molecule has 0 aromatic heterocycles. The molecule has 5 rings (SSSR count). The van der Waals surface area contributed by atoms with E-state index in [1.165, 1.54) is 6.07 Å². The monoisotopic (exact) mass is 647 g/mol. The largest absolute Gasteiger partial charge is 0.416 e. The Labute approximate surface area is 262 Å². The van der Waals surface area contributed by atoms with Gasteiger partial charge in [0.1, 0.15) is 0 Å². The molecule has 1 fully saturated rings. The lowest BCUT2D eigenvalue weighted by atomic mass is 9.99. The lowest BCUT2D eigenvalue weighted by Crippen LogP contribution is -2.48. The van der Waals surface area contributed by atoms with Crippen LogP contribution >= 0.6 is 10.8 Å². The minimum absolute atomic E-state index is 0.0195. The number of alkyl halides is 3. The van der Waals surface area contributed by atoms with Gasteiger partial charge in [-0.3, -0.25) is 18.2 Å². The van der Waals surface area contributed by atoms with Crippen molar-refractivity contribution in [1.29, 1.82) is 0 Å². The van der Waals surface area contributed by atoms with Crippen LogP contribution in [0.5, 0.6) is 0 Å². The van der Waals surface area contributed by atoms with E-state index in [9.17, 15) is 32.2 Å². The highest BCUT2D eigenvalue weighted by atomic mass is 32.3. The Kier molecular flexibility index (Phi) is 10.1. The minimum atomic E-state index is -4.45. The number of anilines is 3. The maximum atomic E-state index is 13.9. The van der Waals surface area contributed by atoms with Crippen LogP contribution in [0.1, 0.15) is 40.4 Å². The fraction of sp³-hybridized carbons (Fsp3) is 0.406. The van der Waals surface area contributed by atoms with Gasteiger partial charge in [0.2, 0.25) is 0 Å². The molecule has 45 heavy (non-hydrogen) atoms. The molecular weight excluding hydrogens is 607 g/mol. The molecule has 244 valence electrons. The van der Waals surface area contributed by atoms with Crippen LogP contribution in [0.3, 0.4) is 0 Å². The van der Waals surface area contributed by atoms with Crippen molar-refractivity contribution in [3.8, 4) is 0 Å². The number of aliphatic hydroxyl groups excluding tert-OH is 1. The quantitative estimate of drug-likeness (QED) is 0.166. The maximum Gasteiger partial charge on any atom is 0.416 e. The van der Waals surface area contributed by atoms with E-state index in [1.54, 1.807) is 22.5 Å². The molecule has 13 heteroatoms. The zero-order chi connectivity index (χ0) is 32.2. The Morgan fingerprint density at radius 2 is 1.76 bits per heavy atom. The van der Waals surface area contributed by atoms with Crippen molar-refractivity contribution in [1.82, 2.24) is 10.6 Å². The molecule has 3 aromatic carbocycles. The predicted molar refractivity (Wildman–Crippen MR) is 173 cm³/mol. The highest BCUT2D eigenvalue weighted by Gasteiger charge is 2.34. The number of hydrogen-bond donors (Lipinski definition) is 6. The van der Waals surface area contributed by atoms with Crippen LogP contribution in [0.4, 0.5) is 30.2 Å². The van der Waals surface area contributed by atoms with E-state index in [4.69, 9.17) is 0 Å². The van der Waals surface area contributed by atoms with Gasteiger partial charge in [-0.2, -0.15) is 13.2 Å². The summed E-state index contributed by atoms with van der Waals surface area (Å²) in [5.41, 5.74) is 2.97. The van der Waals surface area contributed by atoms with Gasteiger partial charge in [0.15, 0.2) is 0 Å². The van der Waals surface area contributed by atoms with Gasteiger partial charge >= 0.3 is 6.18 Å². The SMILES string of the molecule is CCN1CCNc2c1cc(C(=O)N[C@@H](Cc1ccccc1)[C@H](O)CNCc1cccc(C(F)(F)F)c1)cc2N1CCCS1(O)O. The molecule has 0 spiro atoms. The summed E-state index contributed by atoms with van der Waals surface area (Å²) in [6.45, 7) is 4.67. The van der Waals surface area contributed by atoms with Gasteiger partial charge in [-0.05, 0) is 49.1 Å². The number of carbonyl (C=O) groups excluding carboxylic acids is 1. The zero-order valence-corrected chi connectivity index (χ0v) is 25.9. The normalized spacial score (nSPS) is 18.1. The van der Waals surface area contributed by atoms with Gasteiger partial charge in [0.25, 0.3) is 5.91 Å². The highest BCUT2D eigenvalue weighted by Crippen LogP contribution is 2.54. The van der Waals surface area contributed by atoms with Crippen LogP contribution in [0.2, 0.25) is 0 Å². The van der Waals surface area contributed by atoms with Gasteiger partial charge in [-0.1, -0.05) is 48.5 Å². The van der Waals surface area contributed by atoms with Crippen molar-refractivity contribution in [2.24, 2.45) is 0 Å². The smallest absolute Gasteiger partial charge is 0.390 e. The first-order chi connectivity index (χ1) is 21.5. The Bertz CT molecular complexity index is 1480. The number of carbonyl (C=O) groups is 1. The average molecular weight is 648 g/mol. The summed E-state index contributed by atoms with van der Waals surface area (Å²) >= 11 is 0. The fourth-order valence-electron chi connectivity index (χ4n) is 5.84. The molecule has 9 nitrogen and oxygen atoms in total. The first kappa shape index (κ1) is 32.9. The van der Waals surface area contributed by atoms with Crippen molar-refractivity contribution < 1.29 is 32.2 Å². The van der Waals surface area contributed by atoms with Gasteiger partial charge in [-0.15, -0.1) is 10.8 Å². The highest BCUT2D eigenvalue weighted by molar-refractivity contribution is 8.25. The number of fused-ring (bicyclic) bond motifs is 1. The first-order valence-electron chi connectivity index (χ1n) is 15.1. The molecule has 0 unspecified atom stereocenters. The summed E-state index contributed by atoms with van der Waals surface area (Å²) in [4.78, 5) is 16.0. The molecule has 0 bridgehead atoms. The second-order valence-corrected chi connectivity index (χ2v) is 13.5. The van der Waals surface area contributed by atoms with Gasteiger partial charge in [-0.25, -0.2) is 0 Å². The van der Waals surface area contributed by atoms with Crippen LogP contribution in [0, 0.1) is 0 Å². The van der Waals surface area contributed by atoms with Crippen molar-refractivity contribution in [3.63, 3.8) is 0 Å². The summed E-state index contributed by atoms with van der Waals surface area (Å²) in [7, 11) is -3.03. The molecular formula is C32H40F3N5O4S. The van der Waals surface area contributed by atoms with Gasteiger partial charge in [0.05, 0.1) is 40.5 Å². The Balaban J connectivity index is 1.37. The number of amides is 1. The Morgan fingerprint density at radius 1 is 1.02 bits per heavy atom. The van der Waals surface area contributed by atoms with Crippen LogP contribution in [0.25, 0.3) is 0 Å². The number of nitrogens with one attached hydrogen (secondary N) is 3. The molecule has 2 heterocycles. The number of hydrogen-bond acceptors (Lipinski definition) is 8. The number of likely N-dealkylation sites (N-methyl/N-ethyl adjacent to an activating group) is 1. The summed E-state index contributed by atoms with van der Waals surface area (Å²) in [6, 6.07) is 17.1. The number of benzene rings is 3. The number of rotatable bonds is 11. The summed E-state index contributed by atoms with van der Waals surface area (Å²) in [5, 5.41) is 20.6. The minimum Gasteiger partial charge on any atom is -0.390 e. The Morgan fingerprint density at radius 3 is 2.44 bits per heavy atom. The van der Waals surface area contributed by atoms with E-state index in [0.29, 0.717) is 49.3 Å². The molecule has 3 aromatic rings. The third-order valence-electron chi connectivity index (χ3n) is 8.18. The van der Waals surface area contributed by atoms with Crippen LogP contribution < -0.4 is 25.2 Å². The van der Waals surface area contributed by atoms with E-state index in [-0.39, 0.29) is 18.8 Å². The number of halogens is 3. The van der Waals surface area contributed by atoms with Gasteiger partial charge in [0, 0.05) is 44.8 Å². The van der Waals surface area contributed by atoms with Crippen molar-refractivity contribution in [3.05, 3.63) is 89.0 Å². The lowest BCUT2D eigenvalue weighted by Gasteiger charge is -2.41. The van der Waals surface area contributed by atoms with Crippen LogP contribution in [-0.4, -0.2) is 70.7 Å². The molecule has 2 aliphatic heterocycles. The number of aliphatic hydroxyl groups is 1. The third kappa shape index (κ3) is 7.85. The average Bonchev–Trinajstić information content (AvgIpc) is 3.38. The van der Waals surface area contributed by atoms with Crippen molar-refractivity contribution in [2.75, 3.05) is 53.0 Å². The Hall–Kier alpha value is -3.49. The molecule has 6 N–H and O–H groups in total. The third-order valence-corrected chi connectivity index (χ3v) is 10.1. The zero-order valence-electron chi connectivity index (χ0n) is 25.1. The van der Waals surface area contributed by atoms with Crippen molar-refractivity contribution in [2.45, 2.75) is 44.6 Å². The van der Waals surface area contributed by atoms with Crippen molar-refractivity contribution >= 4 is 33.7 Å². The van der Waals surface area contributed by atoms with E-state index in [2.05, 4.69) is 20.9 Å². The molecule has 1 amide bonds. The van der Waals surface area contributed by atoms with Crippen LogP contribution in [0.15, 0.2) is 66.7 Å². The molecule has 0 radical (unpaired) electrons. The maximum absolute atomic E-state index is 13.9. The van der Waals surface area contributed by atoms with E-state index in [1.807, 2.05) is 37.3 Å². The van der Waals surface area contributed by atoms with E-state index in [0.717, 1.165) is 35.6 Å². The molecule has 1 saturated heterocycles. The number of nitrogens with zero attached hydrogens (tertiary/aromatic N) is 2. The second kappa shape index (κ2) is 13.9. The fourth-order valence-corrected chi connectivity index (χ4v) is 7.46. The predicted octanol–water partition coefficient (Wildman–Crippen LogP) is 5.32.